The second kappa shape index (κ2) is 6.45. The largest absolute Gasteiger partial charge is 0.368 e. The number of anilines is 1. The average molecular weight is 368 g/mol. The number of aromatic nitrogens is 3. The maximum Gasteiger partial charge on any atom is 0.220 e. The predicted molar refractivity (Wildman–Crippen MR) is 92.6 cm³/mol. The van der Waals surface area contributed by atoms with Gasteiger partial charge in [-0.1, -0.05) is 22.9 Å². The number of hydrogen-bond donors (Lipinski definition) is 1. The van der Waals surface area contributed by atoms with Gasteiger partial charge in [-0.05, 0) is 30.7 Å². The molecule has 0 fully saturated rings. The van der Waals surface area contributed by atoms with Crippen molar-refractivity contribution in [1.82, 2.24) is 14.5 Å². The van der Waals surface area contributed by atoms with Crippen LogP contribution in [0.4, 0.5) is 5.95 Å². The Hall–Kier alpha value is -1.59. The van der Waals surface area contributed by atoms with Gasteiger partial charge in [-0.2, -0.15) is 0 Å². The van der Waals surface area contributed by atoms with Crippen LogP contribution in [0.2, 0.25) is 0 Å². The van der Waals surface area contributed by atoms with Gasteiger partial charge in [0.2, 0.25) is 5.95 Å². The minimum Gasteiger partial charge on any atom is -0.368 e. The van der Waals surface area contributed by atoms with Gasteiger partial charge in [-0.15, -0.1) is 12.4 Å². The number of aryl methyl sites for hydroxylation is 1. The Morgan fingerprint density at radius 2 is 2.10 bits per heavy atom. The summed E-state index contributed by atoms with van der Waals surface area (Å²) in [5.74, 6) is 0.300. The van der Waals surface area contributed by atoms with Crippen LogP contribution in [-0.4, -0.2) is 14.5 Å². The summed E-state index contributed by atoms with van der Waals surface area (Å²) < 4.78 is 3.32. The minimum absolute atomic E-state index is 0. The normalized spacial score (nSPS) is 10.6. The molecule has 0 saturated heterocycles. The molecule has 2 N–H and O–H groups in total. The molecule has 0 atom stereocenters. The smallest absolute Gasteiger partial charge is 0.220 e. The van der Waals surface area contributed by atoms with Crippen LogP contribution in [0.5, 0.6) is 0 Å². The van der Waals surface area contributed by atoms with Crippen LogP contribution >= 0.6 is 28.3 Å². The Balaban J connectivity index is 0.00000161. The number of nitrogens with zero attached hydrogens (tertiary/aromatic N) is 3. The highest BCUT2D eigenvalue weighted by Gasteiger charge is 2.11. The Kier molecular flexibility index (Phi) is 4.85. The van der Waals surface area contributed by atoms with Gasteiger partial charge in [0.05, 0.1) is 5.69 Å². The molecule has 0 unspecified atom stereocenters. The molecular weight excluding hydrogens is 352 g/mol. The zero-order valence-electron chi connectivity index (χ0n) is 11.6. The molecule has 0 spiro atoms. The zero-order chi connectivity index (χ0) is 14.1. The second-order valence-electron chi connectivity index (χ2n) is 4.70. The van der Waals surface area contributed by atoms with Crippen molar-refractivity contribution in [2.75, 3.05) is 5.73 Å². The highest BCUT2D eigenvalue weighted by molar-refractivity contribution is 9.10. The van der Waals surface area contributed by atoms with Gasteiger partial charge in [0.1, 0.15) is 0 Å². The van der Waals surface area contributed by atoms with Gasteiger partial charge < -0.3 is 10.3 Å². The van der Waals surface area contributed by atoms with Crippen molar-refractivity contribution in [2.24, 2.45) is 0 Å². The van der Waals surface area contributed by atoms with E-state index in [9.17, 15) is 0 Å². The fraction of sp³-hybridized carbons (Fsp3) is 0.200. The van der Waals surface area contributed by atoms with Crippen molar-refractivity contribution in [1.29, 1.82) is 0 Å². The molecule has 0 amide bonds. The first-order valence-corrected chi connectivity index (χ1v) is 7.35. The summed E-state index contributed by atoms with van der Waals surface area (Å²) in [7, 11) is 0. The van der Waals surface area contributed by atoms with E-state index in [0.29, 0.717) is 5.95 Å². The van der Waals surface area contributed by atoms with Crippen molar-refractivity contribution < 1.29 is 0 Å². The summed E-state index contributed by atoms with van der Waals surface area (Å²) in [6, 6.07) is 8.20. The van der Waals surface area contributed by atoms with Gasteiger partial charge in [0.25, 0.3) is 0 Å². The number of nitrogen functional groups attached to an aromatic ring is 1. The van der Waals surface area contributed by atoms with E-state index in [1.807, 2.05) is 6.07 Å². The van der Waals surface area contributed by atoms with Crippen LogP contribution in [0, 0.1) is 0 Å². The van der Waals surface area contributed by atoms with Gasteiger partial charge >= 0.3 is 0 Å². The lowest BCUT2D eigenvalue weighted by atomic mass is 10.1. The molecule has 3 aromatic rings. The molecular formula is C15H16BrClN4. The Bertz CT molecular complexity index is 769. The van der Waals surface area contributed by atoms with Gasteiger partial charge in [-0.3, -0.25) is 0 Å². The SMILES string of the molecule is CCCn1cc(-c2ccnc(N)n2)c2cc(Br)ccc21.Cl. The summed E-state index contributed by atoms with van der Waals surface area (Å²) >= 11 is 3.54. The lowest BCUT2D eigenvalue weighted by molar-refractivity contribution is 0.704. The molecule has 3 rings (SSSR count). The molecule has 1 aromatic carbocycles. The highest BCUT2D eigenvalue weighted by Crippen LogP contribution is 2.31. The number of hydrogen-bond acceptors (Lipinski definition) is 3. The van der Waals surface area contributed by atoms with Crippen LogP contribution in [0.25, 0.3) is 22.2 Å². The minimum atomic E-state index is 0. The zero-order valence-corrected chi connectivity index (χ0v) is 14.0. The topological polar surface area (TPSA) is 56.7 Å². The molecule has 2 heterocycles. The number of fused-ring (bicyclic) bond motifs is 1. The summed E-state index contributed by atoms with van der Waals surface area (Å²) in [5, 5.41) is 1.17. The summed E-state index contributed by atoms with van der Waals surface area (Å²) in [6.07, 6.45) is 4.92. The summed E-state index contributed by atoms with van der Waals surface area (Å²) in [4.78, 5) is 8.29. The first kappa shape index (κ1) is 15.8. The van der Waals surface area contributed by atoms with Crippen LogP contribution in [0.15, 0.2) is 41.1 Å². The summed E-state index contributed by atoms with van der Waals surface area (Å²) in [5.41, 5.74) is 8.85. The molecule has 0 bridgehead atoms. The lowest BCUT2D eigenvalue weighted by Gasteiger charge is -2.01. The molecule has 2 aromatic heterocycles. The number of nitrogens with two attached hydrogens (primary N) is 1. The number of rotatable bonds is 3. The van der Waals surface area contributed by atoms with Gasteiger partial charge in [0.15, 0.2) is 0 Å². The fourth-order valence-electron chi connectivity index (χ4n) is 2.42. The molecule has 110 valence electrons. The third-order valence-corrected chi connectivity index (χ3v) is 3.75. The highest BCUT2D eigenvalue weighted by atomic mass is 79.9. The van der Waals surface area contributed by atoms with Crippen LogP contribution < -0.4 is 5.73 Å². The van der Waals surface area contributed by atoms with Crippen molar-refractivity contribution in [3.8, 4) is 11.3 Å². The monoisotopic (exact) mass is 366 g/mol. The van der Waals surface area contributed by atoms with E-state index in [4.69, 9.17) is 5.73 Å². The quantitative estimate of drug-likeness (QED) is 0.752. The van der Waals surface area contributed by atoms with E-state index in [1.54, 1.807) is 6.20 Å². The Labute approximate surface area is 137 Å². The molecule has 6 heteroatoms. The van der Waals surface area contributed by atoms with E-state index in [1.165, 1.54) is 10.9 Å². The summed E-state index contributed by atoms with van der Waals surface area (Å²) in [6.45, 7) is 3.16. The van der Waals surface area contributed by atoms with Crippen molar-refractivity contribution in [2.45, 2.75) is 19.9 Å². The standard InChI is InChI=1S/C15H15BrN4.ClH/c1-2-7-20-9-12(13-5-6-18-15(17)19-13)11-8-10(16)3-4-14(11)20;/h3-6,8-9H,2,7H2,1H3,(H2,17,18,19);1H. The van der Waals surface area contributed by atoms with Crippen LogP contribution in [0.1, 0.15) is 13.3 Å². The van der Waals surface area contributed by atoms with E-state index in [-0.39, 0.29) is 12.4 Å². The van der Waals surface area contributed by atoms with Crippen LogP contribution in [-0.2, 0) is 6.54 Å². The first-order chi connectivity index (χ1) is 9.69. The van der Waals surface area contributed by atoms with Crippen molar-refractivity contribution in [3.05, 3.63) is 41.1 Å². The van der Waals surface area contributed by atoms with Crippen molar-refractivity contribution in [3.63, 3.8) is 0 Å². The van der Waals surface area contributed by atoms with Crippen LogP contribution in [0.3, 0.4) is 0 Å². The third-order valence-electron chi connectivity index (χ3n) is 3.26. The first-order valence-electron chi connectivity index (χ1n) is 6.56. The fourth-order valence-corrected chi connectivity index (χ4v) is 2.78. The van der Waals surface area contributed by atoms with E-state index >= 15 is 0 Å². The van der Waals surface area contributed by atoms with E-state index in [0.717, 1.165) is 28.7 Å². The average Bonchev–Trinajstić information content (AvgIpc) is 2.77. The molecule has 0 aliphatic rings. The molecule has 4 nitrogen and oxygen atoms in total. The van der Waals surface area contributed by atoms with Gasteiger partial charge in [0, 0.05) is 39.9 Å². The maximum absolute atomic E-state index is 5.70. The lowest BCUT2D eigenvalue weighted by Crippen LogP contribution is -1.95. The van der Waals surface area contributed by atoms with E-state index in [2.05, 4.69) is 61.8 Å². The Morgan fingerprint density at radius 3 is 2.81 bits per heavy atom. The van der Waals surface area contributed by atoms with Gasteiger partial charge in [-0.25, -0.2) is 9.97 Å². The molecule has 0 radical (unpaired) electrons. The third kappa shape index (κ3) is 3.04. The van der Waals surface area contributed by atoms with Crippen molar-refractivity contribution >= 4 is 45.2 Å². The predicted octanol–water partition coefficient (Wildman–Crippen LogP) is 4.27. The molecule has 0 saturated carbocycles. The molecule has 0 aliphatic carbocycles. The molecule has 0 aliphatic heterocycles. The maximum atomic E-state index is 5.70. The second-order valence-corrected chi connectivity index (χ2v) is 5.61. The Morgan fingerprint density at radius 1 is 1.29 bits per heavy atom. The number of benzene rings is 1. The van der Waals surface area contributed by atoms with E-state index < -0.39 is 0 Å². The number of halogens is 2. The molecule has 21 heavy (non-hydrogen) atoms.